The summed E-state index contributed by atoms with van der Waals surface area (Å²) in [7, 11) is -1.96. The van der Waals surface area contributed by atoms with E-state index in [4.69, 9.17) is 13.9 Å². The van der Waals surface area contributed by atoms with Crippen molar-refractivity contribution in [3.8, 4) is 0 Å². The second kappa shape index (κ2) is 9.16. The Morgan fingerprint density at radius 2 is 1.44 bits per heavy atom. The van der Waals surface area contributed by atoms with Gasteiger partial charge in [0.25, 0.3) is 0 Å². The molecule has 1 heterocycles. The Labute approximate surface area is 157 Å². The van der Waals surface area contributed by atoms with Gasteiger partial charge in [0.05, 0.1) is 18.8 Å². The molecular formula is C21H42O3Si. The molecule has 1 saturated heterocycles. The van der Waals surface area contributed by atoms with Crippen LogP contribution in [0.4, 0.5) is 0 Å². The summed E-state index contributed by atoms with van der Waals surface area (Å²) in [5.74, 6) is 0.612. The maximum Gasteiger partial charge on any atom is 0.201 e. The Morgan fingerprint density at radius 1 is 0.960 bits per heavy atom. The van der Waals surface area contributed by atoms with Crippen molar-refractivity contribution in [2.45, 2.75) is 104 Å². The van der Waals surface area contributed by atoms with Gasteiger partial charge in [-0.2, -0.15) is 0 Å². The van der Waals surface area contributed by atoms with Crippen LogP contribution < -0.4 is 0 Å². The molecule has 0 radical (unpaired) electrons. The zero-order chi connectivity index (χ0) is 19.5. The first-order valence-electron chi connectivity index (χ1n) is 10.0. The highest BCUT2D eigenvalue weighted by molar-refractivity contribution is 6.77. The minimum absolute atomic E-state index is 0.0263. The fourth-order valence-corrected chi connectivity index (χ4v) is 10.2. The number of ether oxygens (including phenoxy) is 2. The molecule has 0 aliphatic carbocycles. The van der Waals surface area contributed by atoms with Crippen LogP contribution >= 0.6 is 0 Å². The highest BCUT2D eigenvalue weighted by Crippen LogP contribution is 2.45. The topological polar surface area (TPSA) is 27.7 Å². The van der Waals surface area contributed by atoms with Crippen LogP contribution in [-0.2, 0) is 13.9 Å². The lowest BCUT2D eigenvalue weighted by Gasteiger charge is -2.46. The van der Waals surface area contributed by atoms with Crippen LogP contribution in [0.5, 0.6) is 0 Å². The molecule has 0 N–H and O–H groups in total. The fraction of sp³-hybridized carbons (Fsp3) is 0.905. The summed E-state index contributed by atoms with van der Waals surface area (Å²) in [4.78, 5) is 0. The first-order valence-corrected chi connectivity index (χ1v) is 12.2. The van der Waals surface area contributed by atoms with Crippen molar-refractivity contribution in [1.82, 2.24) is 0 Å². The molecule has 1 fully saturated rings. The molecule has 0 saturated carbocycles. The van der Waals surface area contributed by atoms with Crippen LogP contribution in [0.15, 0.2) is 12.2 Å². The van der Waals surface area contributed by atoms with Crippen LogP contribution in [0.1, 0.15) is 69.2 Å². The van der Waals surface area contributed by atoms with E-state index >= 15 is 0 Å². The minimum Gasteiger partial charge on any atom is -0.409 e. The summed E-state index contributed by atoms with van der Waals surface area (Å²) in [6, 6.07) is 0. The van der Waals surface area contributed by atoms with Gasteiger partial charge >= 0.3 is 0 Å². The van der Waals surface area contributed by atoms with E-state index in [9.17, 15) is 0 Å². The molecule has 3 nitrogen and oxygen atoms in total. The van der Waals surface area contributed by atoms with E-state index in [-0.39, 0.29) is 24.4 Å². The normalized spacial score (nSPS) is 24.6. The van der Waals surface area contributed by atoms with E-state index in [1.807, 2.05) is 0 Å². The third kappa shape index (κ3) is 4.97. The van der Waals surface area contributed by atoms with Gasteiger partial charge in [0.15, 0.2) is 6.29 Å². The lowest BCUT2D eigenvalue weighted by Crippen LogP contribution is -2.52. The van der Waals surface area contributed by atoms with Crippen LogP contribution in [0.25, 0.3) is 0 Å². The van der Waals surface area contributed by atoms with Gasteiger partial charge in [-0.15, -0.1) is 0 Å². The second-order valence-corrected chi connectivity index (χ2v) is 14.6. The van der Waals surface area contributed by atoms with E-state index in [0.717, 1.165) is 5.57 Å². The molecule has 4 heteroatoms. The van der Waals surface area contributed by atoms with Crippen molar-refractivity contribution < 1.29 is 13.9 Å². The van der Waals surface area contributed by atoms with Crippen molar-refractivity contribution in [1.29, 1.82) is 0 Å². The average Bonchev–Trinajstić information content (AvgIpc) is 2.96. The first kappa shape index (κ1) is 22.9. The Hall–Kier alpha value is -0.163. The van der Waals surface area contributed by atoms with Gasteiger partial charge in [0.1, 0.15) is 0 Å². The van der Waals surface area contributed by atoms with Gasteiger partial charge in [-0.05, 0) is 23.5 Å². The predicted octanol–water partition coefficient (Wildman–Crippen LogP) is 6.16. The van der Waals surface area contributed by atoms with Crippen molar-refractivity contribution in [2.75, 3.05) is 6.61 Å². The molecule has 4 atom stereocenters. The molecule has 0 spiro atoms. The molecule has 0 aromatic rings. The molecule has 1 aliphatic rings. The van der Waals surface area contributed by atoms with Crippen molar-refractivity contribution >= 4 is 8.32 Å². The third-order valence-electron chi connectivity index (χ3n) is 5.87. The van der Waals surface area contributed by atoms with Gasteiger partial charge in [0, 0.05) is 11.8 Å². The molecule has 0 amide bonds. The highest BCUT2D eigenvalue weighted by atomic mass is 28.4. The SMILES string of the molecule is C=C(C)[C@H](O[Si](C(C)C)(C(C)C)C(C)C)[C@@H](C)[C@H]1COC(C(C)C)O1. The maximum absolute atomic E-state index is 7.06. The largest absolute Gasteiger partial charge is 0.409 e. The lowest BCUT2D eigenvalue weighted by molar-refractivity contribution is -0.0991. The van der Waals surface area contributed by atoms with Crippen LogP contribution in [0.2, 0.25) is 16.6 Å². The zero-order valence-electron chi connectivity index (χ0n) is 18.3. The van der Waals surface area contributed by atoms with E-state index < -0.39 is 8.32 Å². The smallest absolute Gasteiger partial charge is 0.201 e. The zero-order valence-corrected chi connectivity index (χ0v) is 19.3. The average molecular weight is 371 g/mol. The number of hydrogen-bond donors (Lipinski definition) is 0. The molecule has 1 aliphatic heterocycles. The Balaban J connectivity index is 3.04. The molecule has 0 aromatic heterocycles. The second-order valence-electron chi connectivity index (χ2n) is 9.18. The summed E-state index contributed by atoms with van der Waals surface area (Å²) in [6.45, 7) is 27.5. The molecule has 25 heavy (non-hydrogen) atoms. The van der Waals surface area contributed by atoms with Crippen LogP contribution in [0, 0.1) is 11.8 Å². The molecule has 0 aromatic carbocycles. The standard InChI is InChI=1S/C21H42O3Si/c1-13(2)20(18(11)19-12-22-21(23-19)14(3)4)24-25(15(5)6,16(7)8)17(9)10/h14-21H,1,12H2,2-11H3/t18-,19+,20-,21?/m0/s1. The maximum atomic E-state index is 7.06. The first-order chi connectivity index (χ1) is 11.4. The molecular weight excluding hydrogens is 328 g/mol. The summed E-state index contributed by atoms with van der Waals surface area (Å²) >= 11 is 0. The van der Waals surface area contributed by atoms with Crippen molar-refractivity contribution in [3.05, 3.63) is 12.2 Å². The van der Waals surface area contributed by atoms with E-state index in [2.05, 4.69) is 75.8 Å². The van der Waals surface area contributed by atoms with Crippen LogP contribution in [0.3, 0.4) is 0 Å². The van der Waals surface area contributed by atoms with Crippen molar-refractivity contribution in [2.24, 2.45) is 11.8 Å². The van der Waals surface area contributed by atoms with Gasteiger partial charge in [0.2, 0.25) is 8.32 Å². The highest BCUT2D eigenvalue weighted by Gasteiger charge is 2.48. The number of rotatable bonds is 9. The lowest BCUT2D eigenvalue weighted by atomic mass is 9.94. The fourth-order valence-electron chi connectivity index (χ4n) is 4.55. The minimum atomic E-state index is -1.96. The number of hydrogen-bond acceptors (Lipinski definition) is 3. The predicted molar refractivity (Wildman–Crippen MR) is 109 cm³/mol. The Bertz CT molecular complexity index is 409. The molecule has 0 bridgehead atoms. The van der Waals surface area contributed by atoms with E-state index in [1.165, 1.54) is 0 Å². The van der Waals surface area contributed by atoms with Gasteiger partial charge in [-0.1, -0.05) is 74.5 Å². The molecule has 148 valence electrons. The molecule has 1 unspecified atom stereocenters. The third-order valence-corrected chi connectivity index (χ3v) is 11.9. The van der Waals surface area contributed by atoms with Crippen LogP contribution in [-0.4, -0.2) is 33.4 Å². The van der Waals surface area contributed by atoms with Gasteiger partial charge in [-0.3, -0.25) is 0 Å². The van der Waals surface area contributed by atoms with E-state index in [1.54, 1.807) is 0 Å². The van der Waals surface area contributed by atoms with Crippen molar-refractivity contribution in [3.63, 3.8) is 0 Å². The van der Waals surface area contributed by atoms with E-state index in [0.29, 0.717) is 29.1 Å². The monoisotopic (exact) mass is 370 g/mol. The summed E-state index contributed by atoms with van der Waals surface area (Å²) in [5.41, 5.74) is 2.78. The summed E-state index contributed by atoms with van der Waals surface area (Å²) < 4.78 is 19.1. The van der Waals surface area contributed by atoms with Gasteiger partial charge < -0.3 is 13.9 Å². The summed E-state index contributed by atoms with van der Waals surface area (Å²) in [5, 5.41) is 0. The quantitative estimate of drug-likeness (QED) is 0.359. The van der Waals surface area contributed by atoms with Gasteiger partial charge in [-0.25, -0.2) is 0 Å². The molecule has 1 rings (SSSR count). The summed E-state index contributed by atoms with van der Waals surface area (Å²) in [6.07, 6.45) is 0.00573. The Kier molecular flexibility index (Phi) is 8.38. The Morgan fingerprint density at radius 3 is 1.76 bits per heavy atom.